The molecule has 1 heterocycles. The van der Waals surface area contributed by atoms with Crippen molar-refractivity contribution in [2.24, 2.45) is 5.92 Å². The van der Waals surface area contributed by atoms with Gasteiger partial charge in [0.2, 0.25) is 0 Å². The van der Waals surface area contributed by atoms with E-state index in [0.29, 0.717) is 5.92 Å². The van der Waals surface area contributed by atoms with E-state index in [4.69, 9.17) is 17.3 Å². The number of hydrogen-bond acceptors (Lipinski definition) is 3. The van der Waals surface area contributed by atoms with E-state index < -0.39 is 0 Å². The van der Waals surface area contributed by atoms with Crippen molar-refractivity contribution in [3.8, 4) is 0 Å². The smallest absolute Gasteiger partial charge is 0.199 e. The lowest BCUT2D eigenvalue weighted by atomic mass is 10.2. The minimum Gasteiger partial charge on any atom is -0.299 e. The molecule has 5 heteroatoms. The van der Waals surface area contributed by atoms with Crippen LogP contribution in [0.15, 0.2) is 30.3 Å². The van der Waals surface area contributed by atoms with Crippen molar-refractivity contribution in [2.45, 2.75) is 44.8 Å². The monoisotopic (exact) mass is 328 g/mol. The molecular formula is C18H24N4S. The van der Waals surface area contributed by atoms with Crippen molar-refractivity contribution < 1.29 is 0 Å². The van der Waals surface area contributed by atoms with E-state index >= 15 is 0 Å². The van der Waals surface area contributed by atoms with Gasteiger partial charge in [-0.15, -0.1) is 0 Å². The first-order chi connectivity index (χ1) is 11.2. The highest BCUT2D eigenvalue weighted by atomic mass is 32.1. The molecule has 2 fully saturated rings. The molecule has 122 valence electrons. The van der Waals surface area contributed by atoms with Crippen LogP contribution in [0.5, 0.6) is 0 Å². The van der Waals surface area contributed by atoms with Crippen molar-refractivity contribution >= 4 is 12.2 Å². The molecule has 0 unspecified atom stereocenters. The second kappa shape index (κ2) is 6.21. The van der Waals surface area contributed by atoms with Crippen molar-refractivity contribution in [1.29, 1.82) is 0 Å². The summed E-state index contributed by atoms with van der Waals surface area (Å²) >= 11 is 5.74. The predicted molar refractivity (Wildman–Crippen MR) is 93.9 cm³/mol. The molecule has 4 rings (SSSR count). The summed E-state index contributed by atoms with van der Waals surface area (Å²) < 4.78 is 5.13. The Morgan fingerprint density at radius 2 is 1.91 bits per heavy atom. The molecule has 0 spiro atoms. The summed E-state index contributed by atoms with van der Waals surface area (Å²) in [5.41, 5.74) is 1.29. The third-order valence-electron chi connectivity index (χ3n) is 4.72. The maximum atomic E-state index is 5.74. The summed E-state index contributed by atoms with van der Waals surface area (Å²) in [6.45, 7) is 2.79. The minimum absolute atomic E-state index is 0.607. The van der Waals surface area contributed by atoms with Crippen LogP contribution in [0.25, 0.3) is 0 Å². The van der Waals surface area contributed by atoms with E-state index in [1.165, 1.54) is 37.1 Å². The van der Waals surface area contributed by atoms with Crippen molar-refractivity contribution in [3.63, 3.8) is 0 Å². The van der Waals surface area contributed by atoms with Gasteiger partial charge in [0.05, 0.1) is 13.2 Å². The van der Waals surface area contributed by atoms with Crippen LogP contribution < -0.4 is 0 Å². The van der Waals surface area contributed by atoms with E-state index in [0.717, 1.165) is 30.4 Å². The van der Waals surface area contributed by atoms with Gasteiger partial charge in [-0.3, -0.25) is 9.47 Å². The summed E-state index contributed by atoms with van der Waals surface area (Å²) in [4.78, 5) is 2.35. The highest BCUT2D eigenvalue weighted by Gasteiger charge is 2.30. The Hall–Kier alpha value is -1.46. The van der Waals surface area contributed by atoms with Gasteiger partial charge in [-0.1, -0.05) is 30.3 Å². The van der Waals surface area contributed by atoms with Crippen LogP contribution >= 0.6 is 12.2 Å². The lowest BCUT2D eigenvalue weighted by Gasteiger charge is -2.15. The lowest BCUT2D eigenvalue weighted by Crippen LogP contribution is -2.25. The molecule has 0 saturated heterocycles. The van der Waals surface area contributed by atoms with Crippen LogP contribution in [0.2, 0.25) is 0 Å². The Kier molecular flexibility index (Phi) is 4.07. The Bertz CT molecular complexity index is 725. The molecule has 0 aliphatic heterocycles. The molecular weight excluding hydrogens is 304 g/mol. The normalized spacial score (nSPS) is 17.8. The maximum Gasteiger partial charge on any atom is 0.199 e. The summed E-state index contributed by atoms with van der Waals surface area (Å²) in [5.74, 6) is 2.68. The van der Waals surface area contributed by atoms with Gasteiger partial charge in [0.15, 0.2) is 4.77 Å². The molecule has 0 N–H and O–H groups in total. The quantitative estimate of drug-likeness (QED) is 0.726. The summed E-state index contributed by atoms with van der Waals surface area (Å²) in [6, 6.07) is 10.6. The number of hydrogen-bond donors (Lipinski definition) is 0. The first kappa shape index (κ1) is 15.1. The van der Waals surface area contributed by atoms with Crippen LogP contribution in [-0.2, 0) is 13.2 Å². The van der Waals surface area contributed by atoms with Gasteiger partial charge in [0.1, 0.15) is 5.82 Å². The molecule has 0 amide bonds. The second-order valence-electron chi connectivity index (χ2n) is 7.11. The van der Waals surface area contributed by atoms with Crippen LogP contribution in [0.1, 0.15) is 43.0 Å². The van der Waals surface area contributed by atoms with Crippen LogP contribution in [0, 0.1) is 10.7 Å². The van der Waals surface area contributed by atoms with Crippen LogP contribution in [-0.4, -0.2) is 32.8 Å². The SMILES string of the molecule is CN(CC1CC1)Cn1nc(C2CC2)n(Cc2ccccc2)c1=S. The fourth-order valence-electron chi connectivity index (χ4n) is 3.14. The molecule has 1 aromatic heterocycles. The van der Waals surface area contributed by atoms with Gasteiger partial charge < -0.3 is 0 Å². The predicted octanol–water partition coefficient (Wildman–Crippen LogP) is 3.64. The molecule has 23 heavy (non-hydrogen) atoms. The topological polar surface area (TPSA) is 26.0 Å². The highest BCUT2D eigenvalue weighted by molar-refractivity contribution is 7.71. The van der Waals surface area contributed by atoms with Gasteiger partial charge in [-0.2, -0.15) is 5.10 Å². The Labute approximate surface area is 142 Å². The van der Waals surface area contributed by atoms with Crippen molar-refractivity contribution in [2.75, 3.05) is 13.6 Å². The molecule has 1 aromatic carbocycles. The molecule has 4 nitrogen and oxygen atoms in total. The number of nitrogens with zero attached hydrogens (tertiary/aromatic N) is 4. The van der Waals surface area contributed by atoms with Gasteiger partial charge >= 0.3 is 0 Å². The van der Waals surface area contributed by atoms with Gasteiger partial charge in [0, 0.05) is 12.5 Å². The van der Waals surface area contributed by atoms with Crippen LogP contribution in [0.4, 0.5) is 0 Å². The fraction of sp³-hybridized carbons (Fsp3) is 0.556. The second-order valence-corrected chi connectivity index (χ2v) is 7.47. The van der Waals surface area contributed by atoms with E-state index in [-0.39, 0.29) is 0 Å². The average molecular weight is 328 g/mol. The summed E-state index contributed by atoms with van der Waals surface area (Å²) in [5, 5.41) is 4.87. The largest absolute Gasteiger partial charge is 0.299 e. The summed E-state index contributed by atoms with van der Waals surface area (Å²) in [7, 11) is 2.17. The number of benzene rings is 1. The number of aromatic nitrogens is 3. The Balaban J connectivity index is 1.57. The standard InChI is InChI=1S/C18H24N4S/c1-20(11-15-7-8-15)13-22-18(23)21(17(19-22)16-9-10-16)12-14-5-3-2-4-6-14/h2-6,15-16H,7-13H2,1H3. The highest BCUT2D eigenvalue weighted by Crippen LogP contribution is 2.39. The average Bonchev–Trinajstić information content (AvgIpc) is 3.44. The molecule has 2 aromatic rings. The minimum atomic E-state index is 0.607. The first-order valence-corrected chi connectivity index (χ1v) is 9.01. The molecule has 2 aliphatic rings. The maximum absolute atomic E-state index is 5.74. The molecule has 0 radical (unpaired) electrons. The molecule has 0 bridgehead atoms. The molecule has 2 aliphatic carbocycles. The zero-order valence-corrected chi connectivity index (χ0v) is 14.5. The van der Waals surface area contributed by atoms with E-state index in [9.17, 15) is 0 Å². The van der Waals surface area contributed by atoms with Gasteiger partial charge in [-0.25, -0.2) is 4.68 Å². The van der Waals surface area contributed by atoms with Gasteiger partial charge in [-0.05, 0) is 56.4 Å². The van der Waals surface area contributed by atoms with Crippen LogP contribution in [0.3, 0.4) is 0 Å². The third-order valence-corrected chi connectivity index (χ3v) is 5.15. The van der Waals surface area contributed by atoms with Gasteiger partial charge in [0.25, 0.3) is 0 Å². The fourth-order valence-corrected chi connectivity index (χ4v) is 3.39. The van der Waals surface area contributed by atoms with Crippen molar-refractivity contribution in [1.82, 2.24) is 19.2 Å². The van der Waals surface area contributed by atoms with Crippen molar-refractivity contribution in [3.05, 3.63) is 46.5 Å². The third kappa shape index (κ3) is 3.56. The first-order valence-electron chi connectivity index (χ1n) is 8.60. The van der Waals surface area contributed by atoms with E-state index in [2.05, 4.69) is 46.8 Å². The zero-order valence-electron chi connectivity index (χ0n) is 13.7. The Morgan fingerprint density at radius 3 is 2.57 bits per heavy atom. The van der Waals surface area contributed by atoms with E-state index in [1.54, 1.807) is 0 Å². The number of rotatable bonds is 7. The lowest BCUT2D eigenvalue weighted by molar-refractivity contribution is 0.242. The summed E-state index contributed by atoms with van der Waals surface area (Å²) in [6.07, 6.45) is 5.26. The molecule has 0 atom stereocenters. The van der Waals surface area contributed by atoms with E-state index in [1.807, 2.05) is 4.68 Å². The molecule has 2 saturated carbocycles. The zero-order chi connectivity index (χ0) is 15.8. The Morgan fingerprint density at radius 1 is 1.17 bits per heavy atom.